The van der Waals surface area contributed by atoms with Crippen LogP contribution in [-0.4, -0.2) is 19.0 Å². The Morgan fingerprint density at radius 2 is 2.10 bits per heavy atom. The number of carbonyl (C=O) groups excluding carboxylic acids is 1. The Morgan fingerprint density at radius 3 is 2.84 bits per heavy atom. The highest BCUT2D eigenvalue weighted by Crippen LogP contribution is 2.24. The van der Waals surface area contributed by atoms with Crippen LogP contribution in [0.25, 0.3) is 11.0 Å². The second-order valence-corrected chi connectivity index (χ2v) is 7.94. The average molecular weight is 438 g/mol. The normalized spacial score (nSPS) is 11.8. The summed E-state index contributed by atoms with van der Waals surface area (Å²) in [6.07, 6.45) is 1.26. The highest BCUT2D eigenvalue weighted by atomic mass is 35.5. The van der Waals surface area contributed by atoms with Gasteiger partial charge in [-0.05, 0) is 42.8 Å². The molecule has 1 heterocycles. The van der Waals surface area contributed by atoms with Gasteiger partial charge >= 0.3 is 0 Å². The Balaban J connectivity index is 2.01. The van der Waals surface area contributed by atoms with Gasteiger partial charge in [0.25, 0.3) is 0 Å². The van der Waals surface area contributed by atoms with E-state index in [1.54, 1.807) is 43.3 Å². The van der Waals surface area contributed by atoms with E-state index in [1.165, 1.54) is 0 Å². The third kappa shape index (κ3) is 5.52. The number of benzene rings is 2. The van der Waals surface area contributed by atoms with E-state index in [4.69, 9.17) is 21.8 Å². The summed E-state index contributed by atoms with van der Waals surface area (Å²) in [7, 11) is 0. The van der Waals surface area contributed by atoms with E-state index >= 15 is 0 Å². The fourth-order valence-corrected chi connectivity index (χ4v) is 3.57. The van der Waals surface area contributed by atoms with Gasteiger partial charge in [-0.1, -0.05) is 30.7 Å². The first-order chi connectivity index (χ1) is 14.9. The average Bonchev–Trinajstić information content (AvgIpc) is 2.76. The van der Waals surface area contributed by atoms with Crippen molar-refractivity contribution in [3.05, 3.63) is 80.2 Å². The lowest BCUT2D eigenvalue weighted by Crippen LogP contribution is -2.32. The first-order valence-corrected chi connectivity index (χ1v) is 10.5. The van der Waals surface area contributed by atoms with Crippen LogP contribution in [-0.2, 0) is 17.6 Å². The lowest BCUT2D eigenvalue weighted by Gasteiger charge is -2.15. The molecule has 3 rings (SSSR count). The minimum Gasteiger partial charge on any atom is -0.460 e. The first-order valence-electron chi connectivity index (χ1n) is 10.1. The van der Waals surface area contributed by atoms with E-state index in [9.17, 15) is 14.9 Å². The molecule has 31 heavy (non-hydrogen) atoms. The van der Waals surface area contributed by atoms with Crippen LogP contribution < -0.4 is 16.5 Å². The third-order valence-electron chi connectivity index (χ3n) is 5.09. The SMILES string of the molecule is CC(Cc1oc2cc(Cl)ccc2c(=O)c1Cc1cccc(C#N)c1)C(=O)NCCCN. The number of halogens is 1. The summed E-state index contributed by atoms with van der Waals surface area (Å²) < 4.78 is 6.08. The maximum atomic E-state index is 13.3. The Morgan fingerprint density at radius 1 is 1.29 bits per heavy atom. The van der Waals surface area contributed by atoms with E-state index in [-0.39, 0.29) is 17.8 Å². The predicted octanol–water partition coefficient (Wildman–Crippen LogP) is 3.55. The molecule has 1 aromatic heterocycles. The molecule has 0 aliphatic carbocycles. The molecule has 0 radical (unpaired) electrons. The largest absolute Gasteiger partial charge is 0.460 e. The molecule has 1 amide bonds. The third-order valence-corrected chi connectivity index (χ3v) is 5.32. The standard InChI is InChI=1S/C24H24ClN3O3/c1-15(24(30)28-9-3-8-26)10-21-20(12-16-4-2-5-17(11-16)14-27)23(29)19-7-6-18(25)13-22(19)31-21/h2,4-7,11,13,15H,3,8-10,12,26H2,1H3,(H,28,30). The van der Waals surface area contributed by atoms with Crippen LogP contribution in [0.5, 0.6) is 0 Å². The van der Waals surface area contributed by atoms with Crippen LogP contribution in [0.4, 0.5) is 0 Å². The van der Waals surface area contributed by atoms with Crippen LogP contribution in [0.3, 0.4) is 0 Å². The zero-order valence-electron chi connectivity index (χ0n) is 17.3. The molecule has 2 aromatic carbocycles. The quantitative estimate of drug-likeness (QED) is 0.524. The minimum absolute atomic E-state index is 0.125. The van der Waals surface area contributed by atoms with Crippen molar-refractivity contribution in [2.75, 3.05) is 13.1 Å². The molecular formula is C24H24ClN3O3. The smallest absolute Gasteiger partial charge is 0.223 e. The Kier molecular flexibility index (Phi) is 7.45. The van der Waals surface area contributed by atoms with Gasteiger partial charge in [0.1, 0.15) is 11.3 Å². The van der Waals surface area contributed by atoms with Gasteiger partial charge in [0.05, 0.1) is 17.0 Å². The summed E-state index contributed by atoms with van der Waals surface area (Å²) in [5, 5.41) is 12.9. The summed E-state index contributed by atoms with van der Waals surface area (Å²) in [5.41, 5.74) is 7.52. The number of nitriles is 1. The number of carbonyl (C=O) groups is 1. The maximum Gasteiger partial charge on any atom is 0.223 e. The lowest BCUT2D eigenvalue weighted by molar-refractivity contribution is -0.124. The number of rotatable bonds is 8. The molecule has 3 aromatic rings. The van der Waals surface area contributed by atoms with Gasteiger partial charge in [-0.3, -0.25) is 9.59 Å². The molecule has 0 aliphatic heterocycles. The van der Waals surface area contributed by atoms with Crippen molar-refractivity contribution in [1.29, 1.82) is 5.26 Å². The van der Waals surface area contributed by atoms with Crippen LogP contribution >= 0.6 is 11.6 Å². The van der Waals surface area contributed by atoms with Gasteiger partial charge in [0.15, 0.2) is 5.43 Å². The summed E-state index contributed by atoms with van der Waals surface area (Å²) in [6.45, 7) is 2.80. The molecule has 6 nitrogen and oxygen atoms in total. The van der Waals surface area contributed by atoms with Crippen molar-refractivity contribution in [3.8, 4) is 6.07 Å². The molecular weight excluding hydrogens is 414 g/mol. The zero-order chi connectivity index (χ0) is 22.4. The molecule has 0 aliphatic rings. The predicted molar refractivity (Wildman–Crippen MR) is 121 cm³/mol. The number of amides is 1. The maximum absolute atomic E-state index is 13.3. The Bertz CT molecular complexity index is 1200. The molecule has 0 fully saturated rings. The molecule has 1 unspecified atom stereocenters. The molecule has 3 N–H and O–H groups in total. The Hall–Kier alpha value is -3.14. The highest BCUT2D eigenvalue weighted by molar-refractivity contribution is 6.31. The van der Waals surface area contributed by atoms with E-state index in [2.05, 4.69) is 11.4 Å². The van der Waals surface area contributed by atoms with Gasteiger partial charge in [-0.2, -0.15) is 5.26 Å². The van der Waals surface area contributed by atoms with E-state index in [0.29, 0.717) is 58.8 Å². The topological polar surface area (TPSA) is 109 Å². The van der Waals surface area contributed by atoms with E-state index in [1.807, 2.05) is 6.07 Å². The van der Waals surface area contributed by atoms with Crippen molar-refractivity contribution < 1.29 is 9.21 Å². The number of fused-ring (bicyclic) bond motifs is 1. The van der Waals surface area contributed by atoms with Crippen molar-refractivity contribution in [3.63, 3.8) is 0 Å². The molecule has 1 atom stereocenters. The fraction of sp³-hybridized carbons (Fsp3) is 0.292. The number of hydrogen-bond acceptors (Lipinski definition) is 5. The summed E-state index contributed by atoms with van der Waals surface area (Å²) in [6, 6.07) is 14.1. The molecule has 0 saturated heterocycles. The van der Waals surface area contributed by atoms with Crippen molar-refractivity contribution in [2.45, 2.75) is 26.2 Å². The Labute approximate surface area is 185 Å². The van der Waals surface area contributed by atoms with E-state index in [0.717, 1.165) is 5.56 Å². The van der Waals surface area contributed by atoms with E-state index < -0.39 is 5.92 Å². The second kappa shape index (κ2) is 10.3. The molecule has 0 saturated carbocycles. The second-order valence-electron chi connectivity index (χ2n) is 7.50. The number of hydrogen-bond donors (Lipinski definition) is 2. The number of nitrogens with zero attached hydrogens (tertiary/aromatic N) is 1. The monoisotopic (exact) mass is 437 g/mol. The molecule has 7 heteroatoms. The zero-order valence-corrected chi connectivity index (χ0v) is 18.0. The van der Waals surface area contributed by atoms with Crippen LogP contribution in [0.15, 0.2) is 51.7 Å². The molecule has 0 spiro atoms. The molecule has 0 bridgehead atoms. The van der Waals surface area contributed by atoms with Crippen LogP contribution in [0.2, 0.25) is 5.02 Å². The number of nitrogens with one attached hydrogen (secondary N) is 1. The van der Waals surface area contributed by atoms with Crippen LogP contribution in [0, 0.1) is 17.2 Å². The van der Waals surface area contributed by atoms with Gasteiger partial charge in [0, 0.05) is 42.0 Å². The van der Waals surface area contributed by atoms with Gasteiger partial charge in [-0.15, -0.1) is 0 Å². The lowest BCUT2D eigenvalue weighted by atomic mass is 9.96. The van der Waals surface area contributed by atoms with Gasteiger partial charge in [-0.25, -0.2) is 0 Å². The van der Waals surface area contributed by atoms with Crippen molar-refractivity contribution >= 4 is 28.5 Å². The minimum atomic E-state index is -0.401. The summed E-state index contributed by atoms with van der Waals surface area (Å²) in [4.78, 5) is 25.7. The number of nitrogens with two attached hydrogens (primary N) is 1. The van der Waals surface area contributed by atoms with Gasteiger partial charge in [0.2, 0.25) is 5.91 Å². The van der Waals surface area contributed by atoms with Crippen molar-refractivity contribution in [1.82, 2.24) is 5.32 Å². The summed E-state index contributed by atoms with van der Waals surface area (Å²) >= 11 is 6.09. The highest BCUT2D eigenvalue weighted by Gasteiger charge is 2.21. The van der Waals surface area contributed by atoms with Crippen molar-refractivity contribution in [2.24, 2.45) is 11.7 Å². The molecule has 160 valence electrons. The summed E-state index contributed by atoms with van der Waals surface area (Å²) in [5.74, 6) is -0.0786. The van der Waals surface area contributed by atoms with Gasteiger partial charge < -0.3 is 15.5 Å². The first kappa shape index (κ1) is 22.5. The van der Waals surface area contributed by atoms with Crippen LogP contribution in [0.1, 0.15) is 35.8 Å². The fourth-order valence-electron chi connectivity index (χ4n) is 3.41.